The zero-order valence-corrected chi connectivity index (χ0v) is 11.2. The van der Waals surface area contributed by atoms with Gasteiger partial charge in [0.05, 0.1) is 12.2 Å². The Morgan fingerprint density at radius 3 is 2.80 bits per heavy atom. The van der Waals surface area contributed by atoms with Crippen molar-refractivity contribution in [2.45, 2.75) is 44.6 Å². The van der Waals surface area contributed by atoms with Gasteiger partial charge in [-0.15, -0.1) is 0 Å². The lowest BCUT2D eigenvalue weighted by Crippen LogP contribution is -2.20. The van der Waals surface area contributed by atoms with Crippen LogP contribution in [0.2, 0.25) is 0 Å². The number of halogens is 1. The van der Waals surface area contributed by atoms with Crippen molar-refractivity contribution >= 4 is 11.6 Å². The lowest BCUT2D eigenvalue weighted by Gasteiger charge is -2.23. The number of benzene rings is 1. The quantitative estimate of drug-likeness (QED) is 0.916. The van der Waals surface area contributed by atoms with Crippen LogP contribution in [0.25, 0.3) is 0 Å². The molecule has 1 N–H and O–H groups in total. The van der Waals surface area contributed by atoms with E-state index in [-0.39, 0.29) is 18.3 Å². The Hall–Kier alpha value is -2.09. The van der Waals surface area contributed by atoms with Gasteiger partial charge in [-0.1, -0.05) is 6.42 Å². The molecule has 1 amide bonds. The van der Waals surface area contributed by atoms with E-state index >= 15 is 0 Å². The number of nitriles is 1. The largest absolute Gasteiger partial charge is 0.487 e. The lowest BCUT2D eigenvalue weighted by atomic mass is 9.98. The first-order valence-corrected chi connectivity index (χ1v) is 6.82. The molecule has 0 radical (unpaired) electrons. The summed E-state index contributed by atoms with van der Waals surface area (Å²) in [5, 5.41) is 10.8. The van der Waals surface area contributed by atoms with E-state index in [1.165, 1.54) is 18.6 Å². The van der Waals surface area contributed by atoms with Crippen molar-refractivity contribution in [3.8, 4) is 11.8 Å². The monoisotopic (exact) mass is 276 g/mol. The van der Waals surface area contributed by atoms with E-state index in [1.54, 1.807) is 12.1 Å². The van der Waals surface area contributed by atoms with E-state index in [4.69, 9.17) is 10.00 Å². The molecule has 106 valence electrons. The molecular formula is C15H17FN2O2. The second kappa shape index (κ2) is 6.90. The summed E-state index contributed by atoms with van der Waals surface area (Å²) in [6.07, 6.45) is 5.20. The van der Waals surface area contributed by atoms with Crippen molar-refractivity contribution in [2.24, 2.45) is 0 Å². The Bertz CT molecular complexity index is 519. The van der Waals surface area contributed by atoms with Crippen molar-refractivity contribution < 1.29 is 13.9 Å². The van der Waals surface area contributed by atoms with E-state index in [9.17, 15) is 9.18 Å². The van der Waals surface area contributed by atoms with E-state index in [2.05, 4.69) is 5.32 Å². The topological polar surface area (TPSA) is 62.1 Å². The second-order valence-corrected chi connectivity index (χ2v) is 4.91. The SMILES string of the molecule is N#CCC(=O)Nc1ccc(OC2CCCCC2)c(F)c1. The van der Waals surface area contributed by atoms with Crippen molar-refractivity contribution in [3.63, 3.8) is 0 Å². The number of ether oxygens (including phenoxy) is 1. The van der Waals surface area contributed by atoms with Gasteiger partial charge in [-0.3, -0.25) is 4.79 Å². The molecule has 0 saturated heterocycles. The second-order valence-electron chi connectivity index (χ2n) is 4.91. The van der Waals surface area contributed by atoms with Gasteiger partial charge in [0.2, 0.25) is 5.91 Å². The summed E-state index contributed by atoms with van der Waals surface area (Å²) >= 11 is 0. The molecule has 1 aromatic carbocycles. The minimum atomic E-state index is -0.495. The van der Waals surface area contributed by atoms with Crippen LogP contribution in [0.4, 0.5) is 10.1 Å². The first-order valence-electron chi connectivity index (χ1n) is 6.82. The highest BCUT2D eigenvalue weighted by atomic mass is 19.1. The number of carbonyl (C=O) groups is 1. The molecule has 0 atom stereocenters. The summed E-state index contributed by atoms with van der Waals surface area (Å²) < 4.78 is 19.6. The molecule has 1 fully saturated rings. The van der Waals surface area contributed by atoms with E-state index in [0.717, 1.165) is 25.7 Å². The third kappa shape index (κ3) is 3.95. The molecule has 1 aliphatic carbocycles. The van der Waals surface area contributed by atoms with Gasteiger partial charge < -0.3 is 10.1 Å². The highest BCUT2D eigenvalue weighted by molar-refractivity contribution is 5.92. The van der Waals surface area contributed by atoms with Crippen LogP contribution < -0.4 is 10.1 Å². The summed E-state index contributed by atoms with van der Waals surface area (Å²) in [6.45, 7) is 0. The summed E-state index contributed by atoms with van der Waals surface area (Å²) in [4.78, 5) is 11.2. The third-order valence-corrected chi connectivity index (χ3v) is 3.30. The molecule has 5 heteroatoms. The summed E-state index contributed by atoms with van der Waals surface area (Å²) in [6, 6.07) is 6.05. The average molecular weight is 276 g/mol. The molecule has 1 saturated carbocycles. The molecule has 0 aliphatic heterocycles. The number of nitrogens with zero attached hydrogens (tertiary/aromatic N) is 1. The number of nitrogens with one attached hydrogen (secondary N) is 1. The molecule has 20 heavy (non-hydrogen) atoms. The maximum atomic E-state index is 13.9. The van der Waals surface area contributed by atoms with Crippen molar-refractivity contribution in [1.82, 2.24) is 0 Å². The van der Waals surface area contributed by atoms with Crippen LogP contribution in [0, 0.1) is 17.1 Å². The minimum Gasteiger partial charge on any atom is -0.487 e. The molecular weight excluding hydrogens is 259 g/mol. The fourth-order valence-corrected chi connectivity index (χ4v) is 2.31. The first kappa shape index (κ1) is 14.3. The zero-order valence-electron chi connectivity index (χ0n) is 11.2. The van der Waals surface area contributed by atoms with Crippen LogP contribution in [0.15, 0.2) is 18.2 Å². The fraction of sp³-hybridized carbons (Fsp3) is 0.467. The maximum Gasteiger partial charge on any atom is 0.238 e. The van der Waals surface area contributed by atoms with Crippen LogP contribution in [-0.2, 0) is 4.79 Å². The highest BCUT2D eigenvalue weighted by Crippen LogP contribution is 2.27. The number of hydrogen-bond donors (Lipinski definition) is 1. The molecule has 0 spiro atoms. The van der Waals surface area contributed by atoms with Crippen LogP contribution in [0.1, 0.15) is 38.5 Å². The maximum absolute atomic E-state index is 13.9. The normalized spacial score (nSPS) is 15.4. The zero-order chi connectivity index (χ0) is 14.4. The number of carbonyl (C=O) groups excluding carboxylic acids is 1. The number of rotatable bonds is 4. The predicted molar refractivity (Wildman–Crippen MR) is 72.8 cm³/mol. The molecule has 0 unspecified atom stereocenters. The number of anilines is 1. The van der Waals surface area contributed by atoms with Gasteiger partial charge in [0.1, 0.15) is 6.42 Å². The third-order valence-electron chi connectivity index (χ3n) is 3.30. The Labute approximate surface area is 117 Å². The molecule has 4 nitrogen and oxygen atoms in total. The molecule has 0 aromatic heterocycles. The van der Waals surface area contributed by atoms with E-state index in [1.807, 2.05) is 0 Å². The van der Waals surface area contributed by atoms with Crippen molar-refractivity contribution in [3.05, 3.63) is 24.0 Å². The molecule has 1 aromatic rings. The van der Waals surface area contributed by atoms with Gasteiger partial charge in [-0.05, 0) is 37.8 Å². The van der Waals surface area contributed by atoms with Gasteiger partial charge in [0.15, 0.2) is 11.6 Å². The Kier molecular flexibility index (Phi) is 4.94. The van der Waals surface area contributed by atoms with Gasteiger partial charge in [0, 0.05) is 11.8 Å². The fourth-order valence-electron chi connectivity index (χ4n) is 2.31. The van der Waals surface area contributed by atoms with Crippen molar-refractivity contribution in [1.29, 1.82) is 5.26 Å². The van der Waals surface area contributed by atoms with Crippen LogP contribution in [0.5, 0.6) is 5.75 Å². The van der Waals surface area contributed by atoms with Crippen LogP contribution >= 0.6 is 0 Å². The minimum absolute atomic E-state index is 0.0808. The van der Waals surface area contributed by atoms with Gasteiger partial charge in [-0.2, -0.15) is 5.26 Å². The molecule has 2 rings (SSSR count). The van der Waals surface area contributed by atoms with Gasteiger partial charge >= 0.3 is 0 Å². The van der Waals surface area contributed by atoms with Crippen LogP contribution in [-0.4, -0.2) is 12.0 Å². The standard InChI is InChI=1S/C15H17FN2O2/c16-13-10-11(18-15(19)8-9-17)6-7-14(13)20-12-4-2-1-3-5-12/h6-7,10,12H,1-5,8H2,(H,18,19). The lowest BCUT2D eigenvalue weighted by molar-refractivity contribution is -0.115. The summed E-state index contributed by atoms with van der Waals surface area (Å²) in [7, 11) is 0. The van der Waals surface area contributed by atoms with Crippen molar-refractivity contribution in [2.75, 3.05) is 5.32 Å². The Morgan fingerprint density at radius 1 is 1.40 bits per heavy atom. The Morgan fingerprint density at radius 2 is 2.15 bits per heavy atom. The predicted octanol–water partition coefficient (Wildman–Crippen LogP) is 3.39. The highest BCUT2D eigenvalue weighted by Gasteiger charge is 2.17. The molecule has 0 heterocycles. The number of hydrogen-bond acceptors (Lipinski definition) is 3. The van der Waals surface area contributed by atoms with E-state index < -0.39 is 11.7 Å². The first-order chi connectivity index (χ1) is 9.69. The summed E-state index contributed by atoms with van der Waals surface area (Å²) in [5.74, 6) is -0.728. The average Bonchev–Trinajstić information content (AvgIpc) is 2.43. The molecule has 1 aliphatic rings. The summed E-state index contributed by atoms with van der Waals surface area (Å²) in [5.41, 5.74) is 0.332. The number of amides is 1. The van der Waals surface area contributed by atoms with Gasteiger partial charge in [0.25, 0.3) is 0 Å². The smallest absolute Gasteiger partial charge is 0.238 e. The molecule has 0 bridgehead atoms. The van der Waals surface area contributed by atoms with Crippen LogP contribution in [0.3, 0.4) is 0 Å². The van der Waals surface area contributed by atoms with E-state index in [0.29, 0.717) is 5.69 Å². The Balaban J connectivity index is 1.98. The van der Waals surface area contributed by atoms with Gasteiger partial charge in [-0.25, -0.2) is 4.39 Å².